The lowest BCUT2D eigenvalue weighted by atomic mass is 9.86. The van der Waals surface area contributed by atoms with E-state index in [1.165, 1.54) is 0 Å². The van der Waals surface area contributed by atoms with Gasteiger partial charge in [0, 0.05) is 23.6 Å². The number of carbonyl (C=O) groups is 1. The topological polar surface area (TPSA) is 46.3 Å². The third kappa shape index (κ3) is 3.39. The molecule has 1 amide bonds. The quantitative estimate of drug-likeness (QED) is 0.764. The van der Waals surface area contributed by atoms with Crippen molar-refractivity contribution >= 4 is 17.7 Å². The number of hydrogen-bond donors (Lipinski definition) is 1. The number of nitrogens with zero attached hydrogens (tertiary/aromatic N) is 1. The maximum absolute atomic E-state index is 12.2. The molecule has 4 heteroatoms. The first-order chi connectivity index (χ1) is 7.21. The fraction of sp³-hybridized carbons (Fsp3) is 0.917. The number of amides is 1. The van der Waals surface area contributed by atoms with Crippen molar-refractivity contribution in [1.29, 1.82) is 0 Å². The molecular formula is C12H24N2OS. The molecule has 2 N–H and O–H groups in total. The maximum atomic E-state index is 12.2. The summed E-state index contributed by atoms with van der Waals surface area (Å²) in [5.74, 6) is 0.103. The van der Waals surface area contributed by atoms with Crippen LogP contribution >= 0.6 is 11.8 Å². The van der Waals surface area contributed by atoms with Crippen LogP contribution in [-0.4, -0.2) is 40.4 Å². The van der Waals surface area contributed by atoms with Crippen LogP contribution in [0.5, 0.6) is 0 Å². The van der Waals surface area contributed by atoms with Gasteiger partial charge in [-0.3, -0.25) is 4.79 Å². The normalized spacial score (nSPS) is 29.0. The van der Waals surface area contributed by atoms with Crippen molar-refractivity contribution in [2.45, 2.75) is 51.2 Å². The molecular weight excluding hydrogens is 220 g/mol. The molecule has 2 unspecified atom stereocenters. The molecule has 0 spiro atoms. The van der Waals surface area contributed by atoms with Gasteiger partial charge in [0.25, 0.3) is 0 Å². The smallest absolute Gasteiger partial charge is 0.240 e. The SMILES string of the molecule is CC1CN(C(=O)[C@H](N)C(C)(C)C)CC(C)S1. The van der Waals surface area contributed by atoms with Gasteiger partial charge in [0.15, 0.2) is 0 Å². The average Bonchev–Trinajstić information content (AvgIpc) is 2.12. The fourth-order valence-electron chi connectivity index (χ4n) is 1.92. The average molecular weight is 244 g/mol. The van der Waals surface area contributed by atoms with Crippen molar-refractivity contribution < 1.29 is 4.79 Å². The Balaban J connectivity index is 2.67. The van der Waals surface area contributed by atoms with Crippen molar-refractivity contribution in [2.75, 3.05) is 13.1 Å². The number of thioether (sulfide) groups is 1. The van der Waals surface area contributed by atoms with Crippen molar-refractivity contribution in [1.82, 2.24) is 4.90 Å². The molecule has 0 aromatic carbocycles. The van der Waals surface area contributed by atoms with Gasteiger partial charge in [0.1, 0.15) is 0 Å². The highest BCUT2D eigenvalue weighted by Crippen LogP contribution is 2.27. The molecule has 1 saturated heterocycles. The van der Waals surface area contributed by atoms with E-state index >= 15 is 0 Å². The van der Waals surface area contributed by atoms with Crippen LogP contribution in [-0.2, 0) is 4.79 Å². The standard InChI is InChI=1S/C12H24N2OS/c1-8-6-14(7-9(2)16-8)11(15)10(13)12(3,4)5/h8-10H,6-7,13H2,1-5H3/t8?,9?,10-/m0/s1. The van der Waals surface area contributed by atoms with Gasteiger partial charge in [-0.25, -0.2) is 0 Å². The minimum atomic E-state index is -0.394. The Morgan fingerprint density at radius 2 is 1.75 bits per heavy atom. The highest BCUT2D eigenvalue weighted by Gasteiger charge is 2.34. The lowest BCUT2D eigenvalue weighted by molar-refractivity contribution is -0.135. The zero-order valence-electron chi connectivity index (χ0n) is 11.0. The molecule has 0 aromatic heterocycles. The van der Waals surface area contributed by atoms with E-state index in [9.17, 15) is 4.79 Å². The van der Waals surface area contributed by atoms with Gasteiger partial charge in [0.2, 0.25) is 5.91 Å². The molecule has 1 heterocycles. The summed E-state index contributed by atoms with van der Waals surface area (Å²) in [5, 5.41) is 1.03. The molecule has 1 fully saturated rings. The van der Waals surface area contributed by atoms with Crippen LogP contribution < -0.4 is 5.73 Å². The summed E-state index contributed by atoms with van der Waals surface area (Å²) in [6, 6.07) is -0.394. The largest absolute Gasteiger partial charge is 0.339 e. The summed E-state index contributed by atoms with van der Waals surface area (Å²) in [4.78, 5) is 14.2. The summed E-state index contributed by atoms with van der Waals surface area (Å²) < 4.78 is 0. The molecule has 0 aliphatic carbocycles. The molecule has 1 aliphatic heterocycles. The van der Waals surface area contributed by atoms with E-state index in [0.717, 1.165) is 13.1 Å². The van der Waals surface area contributed by atoms with E-state index in [2.05, 4.69) is 13.8 Å². The van der Waals surface area contributed by atoms with E-state index in [4.69, 9.17) is 5.73 Å². The van der Waals surface area contributed by atoms with Crippen molar-refractivity contribution in [3.8, 4) is 0 Å². The van der Waals surface area contributed by atoms with E-state index in [1.54, 1.807) is 0 Å². The number of carbonyl (C=O) groups excluding carboxylic acids is 1. The van der Waals surface area contributed by atoms with Gasteiger partial charge in [-0.1, -0.05) is 34.6 Å². The zero-order valence-corrected chi connectivity index (χ0v) is 11.8. The second-order valence-electron chi connectivity index (χ2n) is 5.84. The van der Waals surface area contributed by atoms with Crippen molar-refractivity contribution in [2.24, 2.45) is 11.1 Å². The van der Waals surface area contributed by atoms with Gasteiger partial charge in [0.05, 0.1) is 6.04 Å². The van der Waals surface area contributed by atoms with Crippen molar-refractivity contribution in [3.05, 3.63) is 0 Å². The second kappa shape index (κ2) is 4.96. The highest BCUT2D eigenvalue weighted by atomic mass is 32.2. The lowest BCUT2D eigenvalue weighted by Crippen LogP contribution is -2.54. The molecule has 16 heavy (non-hydrogen) atoms. The van der Waals surface area contributed by atoms with Crippen LogP contribution in [0.15, 0.2) is 0 Å². The number of hydrogen-bond acceptors (Lipinski definition) is 3. The molecule has 0 saturated carbocycles. The van der Waals surface area contributed by atoms with Crippen LogP contribution in [0.2, 0.25) is 0 Å². The van der Waals surface area contributed by atoms with Crippen LogP contribution in [0.25, 0.3) is 0 Å². The molecule has 1 rings (SSSR count). The van der Waals surface area contributed by atoms with Gasteiger partial charge < -0.3 is 10.6 Å². The minimum absolute atomic E-state index is 0.103. The molecule has 0 radical (unpaired) electrons. The molecule has 0 aromatic rings. The highest BCUT2D eigenvalue weighted by molar-refractivity contribution is 8.00. The van der Waals surface area contributed by atoms with Crippen LogP contribution in [0.3, 0.4) is 0 Å². The first-order valence-corrected chi connectivity index (χ1v) is 6.86. The van der Waals surface area contributed by atoms with E-state index in [0.29, 0.717) is 10.5 Å². The Hall–Kier alpha value is -0.220. The third-order valence-corrected chi connectivity index (χ3v) is 4.16. The second-order valence-corrected chi connectivity index (χ2v) is 7.73. The van der Waals surface area contributed by atoms with Gasteiger partial charge in [-0.2, -0.15) is 11.8 Å². The van der Waals surface area contributed by atoms with Crippen LogP contribution in [0, 0.1) is 5.41 Å². The van der Waals surface area contributed by atoms with Crippen LogP contribution in [0.4, 0.5) is 0 Å². The van der Waals surface area contributed by atoms with Gasteiger partial charge in [-0.15, -0.1) is 0 Å². The predicted molar refractivity (Wildman–Crippen MR) is 70.5 cm³/mol. The summed E-state index contributed by atoms with van der Waals surface area (Å²) in [5.41, 5.74) is 5.86. The number of rotatable bonds is 1. The Morgan fingerprint density at radius 3 is 2.12 bits per heavy atom. The lowest BCUT2D eigenvalue weighted by Gasteiger charge is -2.38. The van der Waals surface area contributed by atoms with Gasteiger partial charge in [-0.05, 0) is 5.41 Å². The van der Waals surface area contributed by atoms with Gasteiger partial charge >= 0.3 is 0 Å². The third-order valence-electron chi connectivity index (χ3n) is 2.93. The van der Waals surface area contributed by atoms with Crippen LogP contribution in [0.1, 0.15) is 34.6 Å². The molecule has 3 nitrogen and oxygen atoms in total. The minimum Gasteiger partial charge on any atom is -0.339 e. The monoisotopic (exact) mass is 244 g/mol. The fourth-order valence-corrected chi connectivity index (χ4v) is 3.25. The first-order valence-electron chi connectivity index (χ1n) is 5.91. The van der Waals surface area contributed by atoms with Crippen molar-refractivity contribution in [3.63, 3.8) is 0 Å². The summed E-state index contributed by atoms with van der Waals surface area (Å²) in [6.07, 6.45) is 0. The summed E-state index contributed by atoms with van der Waals surface area (Å²) >= 11 is 1.95. The maximum Gasteiger partial charge on any atom is 0.240 e. The molecule has 1 aliphatic rings. The Labute approximate surface area is 103 Å². The predicted octanol–water partition coefficient (Wildman–Crippen LogP) is 1.71. The van der Waals surface area contributed by atoms with E-state index in [-0.39, 0.29) is 11.3 Å². The Morgan fingerprint density at radius 1 is 1.31 bits per heavy atom. The number of nitrogens with two attached hydrogens (primary N) is 1. The Kier molecular flexibility index (Phi) is 4.29. The molecule has 0 bridgehead atoms. The van der Waals surface area contributed by atoms with E-state index in [1.807, 2.05) is 37.4 Å². The first kappa shape index (κ1) is 13.8. The summed E-state index contributed by atoms with van der Waals surface area (Å²) in [7, 11) is 0. The molecule has 94 valence electrons. The Bertz CT molecular complexity index is 252. The van der Waals surface area contributed by atoms with E-state index < -0.39 is 6.04 Å². The summed E-state index contributed by atoms with van der Waals surface area (Å²) in [6.45, 7) is 12.0. The molecule has 3 atom stereocenters. The zero-order chi connectivity index (χ0) is 12.5.